The maximum absolute atomic E-state index is 3.43. The summed E-state index contributed by atoms with van der Waals surface area (Å²) < 4.78 is 0. The van der Waals surface area contributed by atoms with Crippen molar-refractivity contribution in [3.63, 3.8) is 0 Å². The highest BCUT2D eigenvalue weighted by molar-refractivity contribution is 5.42. The molecule has 19 heavy (non-hydrogen) atoms. The zero-order valence-electron chi connectivity index (χ0n) is 13.1. The minimum absolute atomic E-state index is 0.221. The molecule has 0 bridgehead atoms. The lowest BCUT2D eigenvalue weighted by Gasteiger charge is -2.37. The van der Waals surface area contributed by atoms with E-state index in [1.54, 1.807) is 0 Å². The molecule has 0 aromatic heterocycles. The van der Waals surface area contributed by atoms with Gasteiger partial charge in [0.15, 0.2) is 0 Å². The van der Waals surface area contributed by atoms with Crippen molar-refractivity contribution in [2.75, 3.05) is 32.7 Å². The predicted molar refractivity (Wildman–Crippen MR) is 83.0 cm³/mol. The van der Waals surface area contributed by atoms with Crippen LogP contribution in [0.5, 0.6) is 0 Å². The van der Waals surface area contributed by atoms with E-state index in [0.717, 1.165) is 19.6 Å². The third-order valence-corrected chi connectivity index (χ3v) is 4.18. The van der Waals surface area contributed by atoms with Gasteiger partial charge in [0.2, 0.25) is 0 Å². The van der Waals surface area contributed by atoms with Crippen molar-refractivity contribution in [3.05, 3.63) is 34.4 Å². The summed E-state index contributed by atoms with van der Waals surface area (Å²) in [4.78, 5) is 2.59. The quantitative estimate of drug-likeness (QED) is 0.899. The Kier molecular flexibility index (Phi) is 4.32. The second-order valence-corrected chi connectivity index (χ2v) is 6.68. The van der Waals surface area contributed by atoms with Crippen LogP contribution in [-0.2, 0) is 5.41 Å². The molecule has 2 nitrogen and oxygen atoms in total. The molecule has 0 amide bonds. The van der Waals surface area contributed by atoms with Crippen molar-refractivity contribution in [2.45, 2.75) is 40.0 Å². The molecule has 106 valence electrons. The normalized spacial score (nSPS) is 17.7. The molecule has 2 heteroatoms. The molecule has 1 aromatic rings. The second-order valence-electron chi connectivity index (χ2n) is 6.68. The summed E-state index contributed by atoms with van der Waals surface area (Å²) in [5, 5.41) is 3.43. The molecule has 0 atom stereocenters. The van der Waals surface area contributed by atoms with E-state index in [9.17, 15) is 0 Å². The maximum Gasteiger partial charge on any atom is 0.0108 e. The fourth-order valence-corrected chi connectivity index (χ4v) is 3.75. The van der Waals surface area contributed by atoms with Gasteiger partial charge in [0.25, 0.3) is 0 Å². The van der Waals surface area contributed by atoms with Gasteiger partial charge in [-0.1, -0.05) is 31.5 Å². The van der Waals surface area contributed by atoms with E-state index in [-0.39, 0.29) is 5.41 Å². The van der Waals surface area contributed by atoms with Crippen LogP contribution in [0.1, 0.15) is 36.1 Å². The van der Waals surface area contributed by atoms with E-state index in [2.05, 4.69) is 57.0 Å². The third-order valence-electron chi connectivity index (χ3n) is 4.18. The number of nitrogens with zero attached hydrogens (tertiary/aromatic N) is 1. The summed E-state index contributed by atoms with van der Waals surface area (Å²) >= 11 is 0. The Morgan fingerprint density at radius 3 is 2.11 bits per heavy atom. The van der Waals surface area contributed by atoms with E-state index in [1.165, 1.54) is 35.3 Å². The van der Waals surface area contributed by atoms with Gasteiger partial charge < -0.3 is 5.32 Å². The fourth-order valence-electron chi connectivity index (χ4n) is 3.75. The van der Waals surface area contributed by atoms with E-state index in [1.807, 2.05) is 0 Å². The first-order valence-electron chi connectivity index (χ1n) is 7.41. The van der Waals surface area contributed by atoms with Crippen LogP contribution in [0.25, 0.3) is 0 Å². The van der Waals surface area contributed by atoms with Gasteiger partial charge in [0.1, 0.15) is 0 Å². The van der Waals surface area contributed by atoms with Crippen LogP contribution in [0.2, 0.25) is 0 Å². The van der Waals surface area contributed by atoms with Crippen LogP contribution in [0.4, 0.5) is 0 Å². The van der Waals surface area contributed by atoms with Gasteiger partial charge in [0, 0.05) is 38.1 Å². The minimum atomic E-state index is 0.221. The van der Waals surface area contributed by atoms with Crippen LogP contribution in [0, 0.1) is 20.8 Å². The monoisotopic (exact) mass is 260 g/mol. The van der Waals surface area contributed by atoms with E-state index in [4.69, 9.17) is 0 Å². The van der Waals surface area contributed by atoms with Crippen LogP contribution >= 0.6 is 0 Å². The zero-order chi connectivity index (χ0) is 14.0. The number of hydrogen-bond donors (Lipinski definition) is 1. The molecule has 0 unspecified atom stereocenters. The summed E-state index contributed by atoms with van der Waals surface area (Å²) in [6.45, 7) is 17.2. The van der Waals surface area contributed by atoms with Gasteiger partial charge in [-0.15, -0.1) is 0 Å². The molecule has 1 aliphatic rings. The minimum Gasteiger partial charge on any atom is -0.314 e. The van der Waals surface area contributed by atoms with Crippen molar-refractivity contribution in [1.29, 1.82) is 0 Å². The molecule has 0 saturated carbocycles. The number of hydrogen-bond acceptors (Lipinski definition) is 2. The van der Waals surface area contributed by atoms with Gasteiger partial charge in [0.05, 0.1) is 0 Å². The van der Waals surface area contributed by atoms with Crippen LogP contribution in [-0.4, -0.2) is 37.6 Å². The molecule has 1 N–H and O–H groups in total. The van der Waals surface area contributed by atoms with E-state index < -0.39 is 0 Å². The molecule has 1 saturated heterocycles. The Morgan fingerprint density at radius 2 is 1.58 bits per heavy atom. The third kappa shape index (κ3) is 3.37. The van der Waals surface area contributed by atoms with Crippen LogP contribution in [0.15, 0.2) is 12.1 Å². The van der Waals surface area contributed by atoms with Gasteiger partial charge >= 0.3 is 0 Å². The summed E-state index contributed by atoms with van der Waals surface area (Å²) in [6.07, 6.45) is 0. The number of rotatable bonds is 3. The number of aryl methyl sites for hydroxylation is 3. The van der Waals surface area contributed by atoms with Crippen molar-refractivity contribution in [1.82, 2.24) is 10.2 Å². The Bertz CT molecular complexity index is 420. The number of benzene rings is 1. The lowest BCUT2D eigenvalue weighted by Crippen LogP contribution is -2.48. The Labute approximate surface area is 118 Å². The summed E-state index contributed by atoms with van der Waals surface area (Å²) in [5.41, 5.74) is 6.02. The summed E-state index contributed by atoms with van der Waals surface area (Å²) in [6, 6.07) is 4.64. The highest BCUT2D eigenvalue weighted by Crippen LogP contribution is 2.31. The Hall–Kier alpha value is -0.860. The maximum atomic E-state index is 3.43. The summed E-state index contributed by atoms with van der Waals surface area (Å²) in [5.74, 6) is 0. The molecule has 1 aliphatic heterocycles. The molecule has 0 radical (unpaired) electrons. The van der Waals surface area contributed by atoms with Crippen molar-refractivity contribution < 1.29 is 0 Å². The predicted octanol–water partition coefficient (Wildman–Crippen LogP) is 2.79. The SMILES string of the molecule is Cc1cc(C)c(C(C)(C)CN2CCNCC2)c(C)c1. The zero-order valence-corrected chi connectivity index (χ0v) is 13.1. The number of piperazine rings is 1. The lowest BCUT2D eigenvalue weighted by atomic mass is 9.78. The smallest absolute Gasteiger partial charge is 0.0108 e. The van der Waals surface area contributed by atoms with Gasteiger partial charge in [-0.25, -0.2) is 0 Å². The Balaban J connectivity index is 2.23. The summed E-state index contributed by atoms with van der Waals surface area (Å²) in [7, 11) is 0. The highest BCUT2D eigenvalue weighted by Gasteiger charge is 2.27. The van der Waals surface area contributed by atoms with E-state index in [0.29, 0.717) is 0 Å². The average Bonchev–Trinajstić information content (AvgIpc) is 2.27. The van der Waals surface area contributed by atoms with Gasteiger partial charge in [-0.2, -0.15) is 0 Å². The first-order valence-corrected chi connectivity index (χ1v) is 7.41. The van der Waals surface area contributed by atoms with E-state index >= 15 is 0 Å². The largest absolute Gasteiger partial charge is 0.314 e. The van der Waals surface area contributed by atoms with Crippen molar-refractivity contribution in [3.8, 4) is 0 Å². The number of nitrogens with one attached hydrogen (secondary N) is 1. The highest BCUT2D eigenvalue weighted by atomic mass is 15.2. The molecule has 2 rings (SSSR count). The first kappa shape index (κ1) is 14.5. The van der Waals surface area contributed by atoms with Crippen LogP contribution in [0.3, 0.4) is 0 Å². The Morgan fingerprint density at radius 1 is 1.05 bits per heavy atom. The molecule has 0 aliphatic carbocycles. The van der Waals surface area contributed by atoms with Crippen molar-refractivity contribution in [2.24, 2.45) is 0 Å². The van der Waals surface area contributed by atoms with Gasteiger partial charge in [-0.05, 0) is 37.5 Å². The fraction of sp³-hybridized carbons (Fsp3) is 0.647. The molecule has 1 fully saturated rings. The van der Waals surface area contributed by atoms with Crippen LogP contribution < -0.4 is 5.32 Å². The standard InChI is InChI=1S/C17H28N2/c1-13-10-14(2)16(15(3)11-13)17(4,5)12-19-8-6-18-7-9-19/h10-11,18H,6-9,12H2,1-5H3. The molecule has 1 heterocycles. The van der Waals surface area contributed by atoms with Crippen molar-refractivity contribution >= 4 is 0 Å². The lowest BCUT2D eigenvalue weighted by molar-refractivity contribution is 0.199. The molecular formula is C17H28N2. The molecule has 0 spiro atoms. The average molecular weight is 260 g/mol. The molecule has 1 aromatic carbocycles. The topological polar surface area (TPSA) is 15.3 Å². The van der Waals surface area contributed by atoms with Gasteiger partial charge in [-0.3, -0.25) is 4.90 Å². The first-order chi connectivity index (χ1) is 8.90. The second kappa shape index (κ2) is 5.64. The molecular weight excluding hydrogens is 232 g/mol.